The van der Waals surface area contributed by atoms with E-state index in [-0.39, 0.29) is 0 Å². The highest BCUT2D eigenvalue weighted by atomic mass is 15.4. The Morgan fingerprint density at radius 3 is 1.64 bits per heavy atom. The fraction of sp³-hybridized carbons (Fsp3) is 0. The second-order valence-corrected chi connectivity index (χ2v) is 2.44. The maximum absolute atomic E-state index is 3.97. The van der Waals surface area contributed by atoms with Gasteiger partial charge in [0.05, 0.1) is 0 Å². The van der Waals surface area contributed by atoms with Gasteiger partial charge in [-0.05, 0) is 0 Å². The highest BCUT2D eigenvalue weighted by molar-refractivity contribution is 5.42. The summed E-state index contributed by atoms with van der Waals surface area (Å²) in [6, 6.07) is 3.49. The molecule has 0 atom stereocenters. The van der Waals surface area contributed by atoms with Crippen LogP contribution in [0.25, 0.3) is 0 Å². The van der Waals surface area contributed by atoms with Crippen LogP contribution in [0.2, 0.25) is 0 Å². The van der Waals surface area contributed by atoms with Gasteiger partial charge in [0.25, 0.3) is 0 Å². The van der Waals surface area contributed by atoms with Crippen LogP contribution in [-0.2, 0) is 0 Å². The molecule has 2 aromatic heterocycles. The molecule has 2 rings (SSSR count). The Kier molecular flexibility index (Phi) is 2.46. The summed E-state index contributed by atoms with van der Waals surface area (Å²) in [6.07, 6.45) is 6.22. The Morgan fingerprint density at radius 2 is 1.29 bits per heavy atom. The van der Waals surface area contributed by atoms with Crippen LogP contribution in [0.5, 0.6) is 0 Å². The smallest absolute Gasteiger partial charge is 0.147 e. The zero-order valence-corrected chi connectivity index (χ0v) is 7.25. The standard InChI is InChI=1S/C8H8N6/c1-3-9-5-11-7(1)13-14-8-2-4-10-6-12-8/h1-6H,(H,9,11,13)(H,10,12,14). The van der Waals surface area contributed by atoms with Crippen molar-refractivity contribution >= 4 is 11.6 Å². The molecule has 6 nitrogen and oxygen atoms in total. The molecule has 0 amide bonds. The van der Waals surface area contributed by atoms with Gasteiger partial charge in [0, 0.05) is 24.5 Å². The van der Waals surface area contributed by atoms with Crippen LogP contribution >= 0.6 is 0 Å². The summed E-state index contributed by atoms with van der Waals surface area (Å²) in [5, 5.41) is 0. The van der Waals surface area contributed by atoms with Crippen molar-refractivity contribution in [3.05, 3.63) is 37.2 Å². The molecule has 2 N–H and O–H groups in total. The number of nitrogens with zero attached hydrogens (tertiary/aromatic N) is 4. The molecule has 0 bridgehead atoms. The van der Waals surface area contributed by atoms with E-state index in [1.165, 1.54) is 12.7 Å². The molecule has 14 heavy (non-hydrogen) atoms. The largest absolute Gasteiger partial charge is 0.283 e. The van der Waals surface area contributed by atoms with Gasteiger partial charge < -0.3 is 0 Å². The van der Waals surface area contributed by atoms with Crippen LogP contribution in [0, 0.1) is 0 Å². The lowest BCUT2D eigenvalue weighted by molar-refractivity contribution is 1.12. The average molecular weight is 188 g/mol. The van der Waals surface area contributed by atoms with Gasteiger partial charge in [-0.25, -0.2) is 19.9 Å². The molecule has 0 aromatic carbocycles. The van der Waals surface area contributed by atoms with E-state index in [2.05, 4.69) is 30.8 Å². The Balaban J connectivity index is 1.96. The predicted octanol–water partition coefficient (Wildman–Crippen LogP) is 0.706. The molecule has 0 aliphatic rings. The number of rotatable bonds is 3. The normalized spacial score (nSPS) is 9.43. The fourth-order valence-electron chi connectivity index (χ4n) is 0.857. The number of aromatic nitrogens is 4. The number of anilines is 2. The van der Waals surface area contributed by atoms with Crippen molar-refractivity contribution in [2.75, 3.05) is 10.9 Å². The van der Waals surface area contributed by atoms with E-state index >= 15 is 0 Å². The molecule has 6 heteroatoms. The van der Waals surface area contributed by atoms with Gasteiger partial charge in [-0.1, -0.05) is 0 Å². The maximum Gasteiger partial charge on any atom is 0.147 e. The van der Waals surface area contributed by atoms with Gasteiger partial charge in [0.15, 0.2) is 0 Å². The van der Waals surface area contributed by atoms with Gasteiger partial charge in [-0.3, -0.25) is 10.9 Å². The van der Waals surface area contributed by atoms with E-state index in [0.717, 1.165) is 0 Å². The zero-order chi connectivity index (χ0) is 9.64. The summed E-state index contributed by atoms with van der Waals surface area (Å²) in [5.41, 5.74) is 5.74. The molecule has 0 aliphatic carbocycles. The molecule has 0 spiro atoms. The Labute approximate surface area is 80.4 Å². The molecular formula is C8H8N6. The van der Waals surface area contributed by atoms with Crippen molar-refractivity contribution < 1.29 is 0 Å². The highest BCUT2D eigenvalue weighted by Gasteiger charge is 1.91. The van der Waals surface area contributed by atoms with Crippen LogP contribution in [0.4, 0.5) is 11.6 Å². The van der Waals surface area contributed by atoms with Crippen molar-refractivity contribution in [2.45, 2.75) is 0 Å². The van der Waals surface area contributed by atoms with Crippen molar-refractivity contribution in [3.63, 3.8) is 0 Å². The van der Waals surface area contributed by atoms with E-state index in [0.29, 0.717) is 11.6 Å². The second kappa shape index (κ2) is 4.13. The molecule has 0 saturated heterocycles. The van der Waals surface area contributed by atoms with Crippen LogP contribution in [0.15, 0.2) is 37.2 Å². The first-order valence-corrected chi connectivity index (χ1v) is 3.99. The van der Waals surface area contributed by atoms with Crippen molar-refractivity contribution in [1.29, 1.82) is 0 Å². The van der Waals surface area contributed by atoms with E-state index in [1.54, 1.807) is 24.5 Å². The van der Waals surface area contributed by atoms with Gasteiger partial charge in [0.1, 0.15) is 24.3 Å². The first-order chi connectivity index (χ1) is 6.95. The molecular weight excluding hydrogens is 180 g/mol. The first kappa shape index (κ1) is 8.36. The Morgan fingerprint density at radius 1 is 0.786 bits per heavy atom. The number of nitrogens with one attached hydrogen (secondary N) is 2. The summed E-state index contributed by atoms with van der Waals surface area (Å²) in [6.45, 7) is 0. The Hall–Kier alpha value is -2.24. The molecule has 0 radical (unpaired) electrons. The molecule has 0 fully saturated rings. The summed E-state index contributed by atoms with van der Waals surface area (Å²) in [4.78, 5) is 15.5. The minimum absolute atomic E-state index is 0.679. The topological polar surface area (TPSA) is 75.6 Å². The van der Waals surface area contributed by atoms with Gasteiger partial charge in [-0.2, -0.15) is 0 Å². The van der Waals surface area contributed by atoms with Gasteiger partial charge >= 0.3 is 0 Å². The minimum Gasteiger partial charge on any atom is -0.283 e. The van der Waals surface area contributed by atoms with E-state index in [9.17, 15) is 0 Å². The average Bonchev–Trinajstić information content (AvgIpc) is 2.29. The molecule has 70 valence electrons. The molecule has 2 aromatic rings. The van der Waals surface area contributed by atoms with Crippen molar-refractivity contribution in [3.8, 4) is 0 Å². The maximum atomic E-state index is 3.97. The summed E-state index contributed by atoms with van der Waals surface area (Å²) >= 11 is 0. The van der Waals surface area contributed by atoms with E-state index in [1.807, 2.05) is 0 Å². The summed E-state index contributed by atoms with van der Waals surface area (Å²) in [5.74, 6) is 1.36. The second-order valence-electron chi connectivity index (χ2n) is 2.44. The van der Waals surface area contributed by atoms with Crippen LogP contribution in [0.1, 0.15) is 0 Å². The number of hydrogen-bond donors (Lipinski definition) is 2. The quantitative estimate of drug-likeness (QED) is 0.691. The van der Waals surface area contributed by atoms with E-state index in [4.69, 9.17) is 0 Å². The molecule has 0 unspecified atom stereocenters. The zero-order valence-electron chi connectivity index (χ0n) is 7.25. The summed E-state index contributed by atoms with van der Waals surface area (Å²) in [7, 11) is 0. The third-order valence-electron chi connectivity index (χ3n) is 1.48. The Bertz CT molecular complexity index is 336. The molecule has 0 aliphatic heterocycles. The summed E-state index contributed by atoms with van der Waals surface area (Å²) < 4.78 is 0. The fourth-order valence-corrected chi connectivity index (χ4v) is 0.857. The minimum atomic E-state index is 0.679. The van der Waals surface area contributed by atoms with Crippen molar-refractivity contribution in [2.24, 2.45) is 0 Å². The first-order valence-electron chi connectivity index (χ1n) is 3.99. The monoisotopic (exact) mass is 188 g/mol. The van der Waals surface area contributed by atoms with E-state index < -0.39 is 0 Å². The SMILES string of the molecule is c1cc(NNc2ccncn2)ncn1. The predicted molar refractivity (Wildman–Crippen MR) is 51.3 cm³/mol. The highest BCUT2D eigenvalue weighted by Crippen LogP contribution is 2.01. The van der Waals surface area contributed by atoms with Gasteiger partial charge in [-0.15, -0.1) is 0 Å². The molecule has 2 heterocycles. The van der Waals surface area contributed by atoms with Crippen molar-refractivity contribution in [1.82, 2.24) is 19.9 Å². The van der Waals surface area contributed by atoms with Crippen LogP contribution in [0.3, 0.4) is 0 Å². The third-order valence-corrected chi connectivity index (χ3v) is 1.48. The number of hydrogen-bond acceptors (Lipinski definition) is 6. The lowest BCUT2D eigenvalue weighted by atomic mass is 10.6. The number of hydrazine groups is 1. The third kappa shape index (κ3) is 2.13. The van der Waals surface area contributed by atoms with Gasteiger partial charge in [0.2, 0.25) is 0 Å². The van der Waals surface area contributed by atoms with Crippen LogP contribution in [-0.4, -0.2) is 19.9 Å². The van der Waals surface area contributed by atoms with Crippen LogP contribution < -0.4 is 10.9 Å². The lowest BCUT2D eigenvalue weighted by Gasteiger charge is -2.06. The lowest BCUT2D eigenvalue weighted by Crippen LogP contribution is -2.10. The molecule has 0 saturated carbocycles.